The molecule has 1 aliphatic carbocycles. The van der Waals surface area contributed by atoms with E-state index in [4.69, 9.17) is 9.47 Å². The van der Waals surface area contributed by atoms with Crippen molar-refractivity contribution in [1.82, 2.24) is 4.90 Å². The minimum absolute atomic E-state index is 0.177. The SMILES string of the molecule is Cc1ccc(Oc2ccc(C(C)(C)c3ccc(Oc4ccc(NC(=O)C5CC6C(=O)N(C)C(=O)C6CC5C=O)cc4)cc3)cc2)cc1. The van der Waals surface area contributed by atoms with Crippen LogP contribution in [0.3, 0.4) is 0 Å². The zero-order valence-corrected chi connectivity index (χ0v) is 26.9. The van der Waals surface area contributed by atoms with Crippen LogP contribution in [0.5, 0.6) is 23.0 Å². The zero-order valence-electron chi connectivity index (χ0n) is 26.9. The predicted molar refractivity (Wildman–Crippen MR) is 178 cm³/mol. The number of likely N-dealkylation sites (tertiary alicyclic amines) is 1. The van der Waals surface area contributed by atoms with E-state index in [2.05, 4.69) is 43.4 Å². The molecule has 8 heteroatoms. The number of benzene rings is 4. The van der Waals surface area contributed by atoms with Crippen LogP contribution in [-0.4, -0.2) is 36.0 Å². The first kappa shape index (κ1) is 31.7. The van der Waals surface area contributed by atoms with Crippen LogP contribution < -0.4 is 14.8 Å². The van der Waals surface area contributed by atoms with Crippen molar-refractivity contribution in [3.05, 3.63) is 114 Å². The van der Waals surface area contributed by atoms with E-state index >= 15 is 0 Å². The molecule has 0 radical (unpaired) electrons. The smallest absolute Gasteiger partial charge is 0.232 e. The number of nitrogens with one attached hydrogen (secondary N) is 1. The normalized spacial score (nSPS) is 20.8. The first-order valence-electron chi connectivity index (χ1n) is 15.8. The number of imide groups is 1. The molecule has 0 bridgehead atoms. The summed E-state index contributed by atoms with van der Waals surface area (Å²) in [7, 11) is 1.45. The maximum absolute atomic E-state index is 13.2. The summed E-state index contributed by atoms with van der Waals surface area (Å²) in [5.41, 5.74) is 3.77. The number of ether oxygens (including phenoxy) is 2. The Morgan fingerprint density at radius 3 is 1.62 bits per heavy atom. The second-order valence-corrected chi connectivity index (χ2v) is 13.0. The molecule has 240 valence electrons. The average molecular weight is 631 g/mol. The van der Waals surface area contributed by atoms with Crippen LogP contribution in [0.1, 0.15) is 43.4 Å². The van der Waals surface area contributed by atoms with Crippen LogP contribution >= 0.6 is 0 Å². The van der Waals surface area contributed by atoms with Crippen molar-refractivity contribution in [3.8, 4) is 23.0 Å². The molecule has 4 unspecified atom stereocenters. The summed E-state index contributed by atoms with van der Waals surface area (Å²) in [6.07, 6.45) is 1.12. The van der Waals surface area contributed by atoms with Gasteiger partial charge in [0.05, 0.1) is 11.8 Å². The van der Waals surface area contributed by atoms with Crippen molar-refractivity contribution in [2.24, 2.45) is 23.7 Å². The van der Waals surface area contributed by atoms with Gasteiger partial charge >= 0.3 is 0 Å². The van der Waals surface area contributed by atoms with Gasteiger partial charge in [-0.1, -0.05) is 55.8 Å². The molecule has 4 aromatic rings. The fourth-order valence-corrected chi connectivity index (χ4v) is 6.60. The van der Waals surface area contributed by atoms with Crippen molar-refractivity contribution < 1.29 is 28.7 Å². The molecule has 1 N–H and O–H groups in total. The van der Waals surface area contributed by atoms with E-state index in [0.717, 1.165) is 33.8 Å². The average Bonchev–Trinajstić information content (AvgIpc) is 3.29. The van der Waals surface area contributed by atoms with Crippen LogP contribution in [0, 0.1) is 30.6 Å². The van der Waals surface area contributed by atoms with Crippen LogP contribution in [0.25, 0.3) is 0 Å². The highest BCUT2D eigenvalue weighted by molar-refractivity contribution is 6.06. The highest BCUT2D eigenvalue weighted by Gasteiger charge is 2.52. The number of nitrogens with zero attached hydrogens (tertiary/aromatic N) is 1. The Kier molecular flexibility index (Phi) is 8.69. The van der Waals surface area contributed by atoms with Crippen LogP contribution in [0.2, 0.25) is 0 Å². The Labute approximate surface area is 274 Å². The fourth-order valence-electron chi connectivity index (χ4n) is 6.60. The van der Waals surface area contributed by atoms with Gasteiger partial charge in [-0.15, -0.1) is 0 Å². The molecule has 1 heterocycles. The number of carbonyl (C=O) groups excluding carboxylic acids is 4. The van der Waals surface area contributed by atoms with Crippen molar-refractivity contribution in [2.45, 2.75) is 39.0 Å². The Balaban J connectivity index is 1.05. The standard InChI is InChI=1S/C39H38N2O6/c1-24-5-13-29(14-6-24)46-30-15-7-26(8-16-30)39(2,3)27-9-17-31(18-10-27)47-32-19-11-28(12-20-32)40-36(43)33-22-35-34(21-25(33)23-42)37(44)41(4)38(35)45/h5-20,23,25,33-35H,21-22H2,1-4H3,(H,40,43). The van der Waals surface area contributed by atoms with Gasteiger partial charge in [0.2, 0.25) is 17.7 Å². The minimum atomic E-state index is -0.680. The first-order chi connectivity index (χ1) is 22.5. The fraction of sp³-hybridized carbons (Fsp3) is 0.282. The first-order valence-corrected chi connectivity index (χ1v) is 15.8. The van der Waals surface area contributed by atoms with Gasteiger partial charge in [-0.05, 0) is 91.6 Å². The Bertz CT molecular complexity index is 1780. The topological polar surface area (TPSA) is 102 Å². The van der Waals surface area contributed by atoms with Gasteiger partial charge in [0.15, 0.2) is 0 Å². The van der Waals surface area contributed by atoms with E-state index < -0.39 is 23.7 Å². The summed E-state index contributed by atoms with van der Waals surface area (Å²) >= 11 is 0. The number of hydrogen-bond donors (Lipinski definition) is 1. The lowest BCUT2D eigenvalue weighted by molar-refractivity contribution is -0.138. The number of carbonyl (C=O) groups is 4. The maximum atomic E-state index is 13.2. The molecule has 6 rings (SSSR count). The molecule has 2 aliphatic rings. The maximum Gasteiger partial charge on any atom is 0.232 e. The van der Waals surface area contributed by atoms with Gasteiger partial charge in [-0.3, -0.25) is 19.3 Å². The second-order valence-electron chi connectivity index (χ2n) is 13.0. The summed E-state index contributed by atoms with van der Waals surface area (Å²) in [5, 5.41) is 2.87. The Hall–Kier alpha value is -5.24. The highest BCUT2D eigenvalue weighted by Crippen LogP contribution is 2.43. The predicted octanol–water partition coefficient (Wildman–Crippen LogP) is 7.30. The molecular weight excluding hydrogens is 592 g/mol. The molecule has 47 heavy (non-hydrogen) atoms. The monoisotopic (exact) mass is 630 g/mol. The summed E-state index contributed by atoms with van der Waals surface area (Å²) in [4.78, 5) is 51.0. The highest BCUT2D eigenvalue weighted by atomic mass is 16.5. The van der Waals surface area contributed by atoms with Crippen molar-refractivity contribution >= 4 is 29.7 Å². The van der Waals surface area contributed by atoms with Crippen molar-refractivity contribution in [2.75, 3.05) is 12.4 Å². The third-order valence-electron chi connectivity index (χ3n) is 9.61. The van der Waals surface area contributed by atoms with Gasteiger partial charge in [-0.25, -0.2) is 0 Å². The lowest BCUT2D eigenvalue weighted by atomic mass is 9.69. The number of rotatable bonds is 9. The molecule has 0 spiro atoms. The number of fused-ring (bicyclic) bond motifs is 1. The summed E-state index contributed by atoms with van der Waals surface area (Å²) in [6.45, 7) is 6.41. The molecule has 4 aromatic carbocycles. The molecule has 1 saturated heterocycles. The molecular formula is C39H38N2O6. The van der Waals surface area contributed by atoms with Crippen LogP contribution in [0.4, 0.5) is 5.69 Å². The van der Waals surface area contributed by atoms with E-state index in [1.165, 1.54) is 12.6 Å². The van der Waals surface area contributed by atoms with Gasteiger partial charge in [0.25, 0.3) is 0 Å². The van der Waals surface area contributed by atoms with Gasteiger partial charge in [0.1, 0.15) is 29.3 Å². The number of anilines is 1. The third kappa shape index (κ3) is 6.54. The number of amides is 3. The van der Waals surface area contributed by atoms with Crippen molar-refractivity contribution in [3.63, 3.8) is 0 Å². The molecule has 1 saturated carbocycles. The van der Waals surface area contributed by atoms with Crippen molar-refractivity contribution in [1.29, 1.82) is 0 Å². The van der Waals surface area contributed by atoms with Gasteiger partial charge in [0, 0.05) is 30.0 Å². The van der Waals surface area contributed by atoms with E-state index in [9.17, 15) is 19.2 Å². The number of hydrogen-bond acceptors (Lipinski definition) is 6. The van der Waals surface area contributed by atoms with E-state index in [0.29, 0.717) is 17.2 Å². The Morgan fingerprint density at radius 1 is 0.723 bits per heavy atom. The molecule has 8 nitrogen and oxygen atoms in total. The zero-order chi connectivity index (χ0) is 33.3. The molecule has 3 amide bonds. The summed E-state index contributed by atoms with van der Waals surface area (Å²) < 4.78 is 12.1. The lowest BCUT2D eigenvalue weighted by Gasteiger charge is -2.32. The quantitative estimate of drug-likeness (QED) is 0.154. The van der Waals surface area contributed by atoms with Gasteiger partial charge in [-0.2, -0.15) is 0 Å². The largest absolute Gasteiger partial charge is 0.457 e. The molecule has 2 fully saturated rings. The van der Waals surface area contributed by atoms with E-state index in [1.54, 1.807) is 24.3 Å². The van der Waals surface area contributed by atoms with Crippen LogP contribution in [0.15, 0.2) is 97.1 Å². The molecule has 4 atom stereocenters. The van der Waals surface area contributed by atoms with Crippen LogP contribution in [-0.2, 0) is 24.6 Å². The lowest BCUT2D eigenvalue weighted by Crippen LogP contribution is -2.40. The number of aldehydes is 1. The molecule has 1 aliphatic heterocycles. The van der Waals surface area contributed by atoms with Gasteiger partial charge < -0.3 is 19.6 Å². The number of aryl methyl sites for hydroxylation is 1. The minimum Gasteiger partial charge on any atom is -0.457 e. The Morgan fingerprint density at radius 2 is 1.15 bits per heavy atom. The van der Waals surface area contributed by atoms with E-state index in [-0.39, 0.29) is 36.0 Å². The summed E-state index contributed by atoms with van der Waals surface area (Å²) in [5.74, 6) is -0.406. The summed E-state index contributed by atoms with van der Waals surface area (Å²) in [6, 6.07) is 31.1. The third-order valence-corrected chi connectivity index (χ3v) is 9.61. The van der Waals surface area contributed by atoms with E-state index in [1.807, 2.05) is 55.5 Å². The molecule has 0 aromatic heterocycles. The second kappa shape index (κ2) is 12.9.